The van der Waals surface area contributed by atoms with E-state index in [1.165, 1.54) is 15.3 Å². The topological polar surface area (TPSA) is 32.3 Å². The van der Waals surface area contributed by atoms with Gasteiger partial charge in [-0.3, -0.25) is 9.69 Å². The Bertz CT molecular complexity index is 869. The highest BCUT2D eigenvalue weighted by molar-refractivity contribution is 7.10. The Balaban J connectivity index is 1.55. The van der Waals surface area contributed by atoms with Crippen LogP contribution in [0, 0.1) is 6.92 Å². The van der Waals surface area contributed by atoms with Gasteiger partial charge >= 0.3 is 0 Å². The van der Waals surface area contributed by atoms with Crippen molar-refractivity contribution in [2.45, 2.75) is 19.4 Å². The number of carbonyl (C=O) groups excluding carboxylic acids is 1. The average Bonchev–Trinajstić information content (AvgIpc) is 3.28. The maximum atomic E-state index is 12.7. The van der Waals surface area contributed by atoms with Crippen LogP contribution in [0.3, 0.4) is 0 Å². The molecule has 3 aromatic rings. The third-order valence-electron chi connectivity index (χ3n) is 4.64. The number of hydrogen-bond acceptors (Lipinski definition) is 4. The van der Waals surface area contributed by atoms with Crippen LogP contribution in [0.25, 0.3) is 0 Å². The lowest BCUT2D eigenvalue weighted by Gasteiger charge is -2.34. The highest BCUT2D eigenvalue weighted by Crippen LogP contribution is 2.39. The van der Waals surface area contributed by atoms with E-state index in [9.17, 15) is 4.79 Å². The number of anilines is 1. The number of thiophene rings is 2. The summed E-state index contributed by atoms with van der Waals surface area (Å²) in [6.07, 6.45) is 1.02. The van der Waals surface area contributed by atoms with Crippen LogP contribution in [0.15, 0.2) is 53.2 Å². The molecule has 1 aromatic carbocycles. The minimum Gasteiger partial charge on any atom is -0.325 e. The van der Waals surface area contributed by atoms with Gasteiger partial charge in [0.25, 0.3) is 0 Å². The molecule has 0 fully saturated rings. The minimum absolute atomic E-state index is 0.0505. The second-order valence-electron chi connectivity index (χ2n) is 6.30. The van der Waals surface area contributed by atoms with Crippen LogP contribution in [0.1, 0.15) is 26.9 Å². The molecule has 1 aliphatic heterocycles. The number of amides is 1. The predicted molar refractivity (Wildman–Crippen MR) is 106 cm³/mol. The van der Waals surface area contributed by atoms with Crippen molar-refractivity contribution >= 4 is 34.3 Å². The zero-order chi connectivity index (χ0) is 17.2. The summed E-state index contributed by atoms with van der Waals surface area (Å²) in [7, 11) is 0. The van der Waals surface area contributed by atoms with Crippen LogP contribution in [0.2, 0.25) is 0 Å². The number of nitrogens with one attached hydrogen (secondary N) is 1. The fourth-order valence-electron chi connectivity index (χ4n) is 3.41. The van der Waals surface area contributed by atoms with E-state index < -0.39 is 0 Å². The van der Waals surface area contributed by atoms with Gasteiger partial charge < -0.3 is 5.32 Å². The van der Waals surface area contributed by atoms with E-state index in [0.29, 0.717) is 6.54 Å². The molecule has 0 spiro atoms. The third-order valence-corrected chi connectivity index (χ3v) is 6.57. The molecule has 4 rings (SSSR count). The first-order chi connectivity index (χ1) is 12.2. The Morgan fingerprint density at radius 3 is 2.84 bits per heavy atom. The molecule has 128 valence electrons. The molecule has 0 bridgehead atoms. The van der Waals surface area contributed by atoms with Crippen molar-refractivity contribution in [1.82, 2.24) is 4.90 Å². The smallest absolute Gasteiger partial charge is 0.238 e. The summed E-state index contributed by atoms with van der Waals surface area (Å²) in [6.45, 7) is 3.34. The largest absolute Gasteiger partial charge is 0.325 e. The zero-order valence-electron chi connectivity index (χ0n) is 14.1. The Kier molecular flexibility index (Phi) is 4.70. The first-order valence-electron chi connectivity index (χ1n) is 8.41. The predicted octanol–water partition coefficient (Wildman–Crippen LogP) is 4.70. The van der Waals surface area contributed by atoms with Gasteiger partial charge in [0.2, 0.25) is 5.91 Å². The fourth-order valence-corrected chi connectivity index (χ4v) is 5.19. The Morgan fingerprint density at radius 1 is 1.16 bits per heavy atom. The summed E-state index contributed by atoms with van der Waals surface area (Å²) < 4.78 is 0. The highest BCUT2D eigenvalue weighted by atomic mass is 32.1. The highest BCUT2D eigenvalue weighted by Gasteiger charge is 2.31. The lowest BCUT2D eigenvalue weighted by atomic mass is 9.98. The van der Waals surface area contributed by atoms with Crippen molar-refractivity contribution in [2.24, 2.45) is 0 Å². The lowest BCUT2D eigenvalue weighted by molar-refractivity contribution is -0.117. The van der Waals surface area contributed by atoms with Crippen molar-refractivity contribution in [2.75, 3.05) is 18.4 Å². The summed E-state index contributed by atoms with van der Waals surface area (Å²) in [5.74, 6) is 0.0505. The number of hydrogen-bond donors (Lipinski definition) is 1. The second-order valence-corrected chi connectivity index (χ2v) is 8.28. The van der Waals surface area contributed by atoms with Crippen LogP contribution >= 0.6 is 22.7 Å². The van der Waals surface area contributed by atoms with Gasteiger partial charge in [0.1, 0.15) is 0 Å². The van der Waals surface area contributed by atoms with Crippen molar-refractivity contribution < 1.29 is 4.79 Å². The van der Waals surface area contributed by atoms with Gasteiger partial charge in [-0.1, -0.05) is 24.3 Å². The van der Waals surface area contributed by atoms with E-state index in [0.717, 1.165) is 24.2 Å². The maximum Gasteiger partial charge on any atom is 0.238 e. The number of carbonyl (C=O) groups is 1. The number of rotatable bonds is 4. The minimum atomic E-state index is 0.0505. The van der Waals surface area contributed by atoms with E-state index in [2.05, 4.69) is 39.2 Å². The quantitative estimate of drug-likeness (QED) is 0.724. The van der Waals surface area contributed by atoms with Gasteiger partial charge in [0.05, 0.1) is 12.6 Å². The molecule has 0 radical (unpaired) electrons. The van der Waals surface area contributed by atoms with Gasteiger partial charge in [-0.2, -0.15) is 0 Å². The summed E-state index contributed by atoms with van der Waals surface area (Å²) in [5.41, 5.74) is 3.35. The molecule has 0 aliphatic carbocycles. The molecule has 1 aliphatic rings. The molecule has 0 saturated carbocycles. The molecule has 1 atom stereocenters. The van der Waals surface area contributed by atoms with E-state index in [1.54, 1.807) is 11.3 Å². The average molecular weight is 369 g/mol. The number of para-hydroxylation sites is 1. The van der Waals surface area contributed by atoms with Crippen molar-refractivity contribution in [3.63, 3.8) is 0 Å². The molecule has 25 heavy (non-hydrogen) atoms. The summed E-state index contributed by atoms with van der Waals surface area (Å²) in [6, 6.07) is 14.6. The van der Waals surface area contributed by atoms with Gasteiger partial charge in [-0.05, 0) is 53.4 Å². The molecule has 5 heteroatoms. The first-order valence-corrected chi connectivity index (χ1v) is 10.2. The lowest BCUT2D eigenvalue weighted by Crippen LogP contribution is -2.40. The molecule has 3 heterocycles. The molecular weight excluding hydrogens is 348 g/mol. The fraction of sp³-hybridized carbons (Fsp3) is 0.250. The molecule has 3 nitrogen and oxygen atoms in total. The van der Waals surface area contributed by atoms with Crippen LogP contribution in [-0.2, 0) is 11.2 Å². The molecule has 2 aromatic heterocycles. The Hall–Kier alpha value is -1.95. The molecule has 0 saturated heterocycles. The molecule has 0 unspecified atom stereocenters. The molecule has 1 N–H and O–H groups in total. The number of benzene rings is 1. The number of fused-ring (bicyclic) bond motifs is 1. The summed E-state index contributed by atoms with van der Waals surface area (Å²) in [4.78, 5) is 17.7. The SMILES string of the molecule is Cc1ccccc1NC(=O)CN1CCc2sccc2[C@@H]1c1cccs1. The monoisotopic (exact) mass is 368 g/mol. The molecular formula is C20H20N2OS2. The Morgan fingerprint density at radius 2 is 2.04 bits per heavy atom. The van der Waals surface area contributed by atoms with Gasteiger partial charge in [0.15, 0.2) is 0 Å². The normalized spacial score (nSPS) is 17.2. The first kappa shape index (κ1) is 16.5. The van der Waals surface area contributed by atoms with Gasteiger partial charge in [-0.15, -0.1) is 22.7 Å². The van der Waals surface area contributed by atoms with Crippen molar-refractivity contribution in [1.29, 1.82) is 0 Å². The summed E-state index contributed by atoms with van der Waals surface area (Å²) >= 11 is 3.59. The Labute approximate surface area is 155 Å². The van der Waals surface area contributed by atoms with Crippen molar-refractivity contribution in [3.8, 4) is 0 Å². The van der Waals surface area contributed by atoms with Crippen LogP contribution in [0.5, 0.6) is 0 Å². The van der Waals surface area contributed by atoms with E-state index in [4.69, 9.17) is 0 Å². The standard InChI is InChI=1S/C20H20N2OS2/c1-14-5-2-3-6-16(14)21-19(23)13-22-10-8-17-15(9-12-25-17)20(22)18-7-4-11-24-18/h2-7,9,11-12,20H,8,10,13H2,1H3,(H,21,23)/t20-/m1/s1. The number of aryl methyl sites for hydroxylation is 1. The van der Waals surface area contributed by atoms with E-state index in [1.807, 2.05) is 42.5 Å². The van der Waals surface area contributed by atoms with Crippen molar-refractivity contribution in [3.05, 3.63) is 74.1 Å². The van der Waals surface area contributed by atoms with Gasteiger partial charge in [0, 0.05) is 22.0 Å². The van der Waals surface area contributed by atoms with Crippen LogP contribution < -0.4 is 5.32 Å². The van der Waals surface area contributed by atoms with E-state index >= 15 is 0 Å². The van der Waals surface area contributed by atoms with Crippen LogP contribution in [-0.4, -0.2) is 23.9 Å². The third kappa shape index (κ3) is 3.40. The molecule has 1 amide bonds. The number of nitrogens with zero attached hydrogens (tertiary/aromatic N) is 1. The van der Waals surface area contributed by atoms with Crippen LogP contribution in [0.4, 0.5) is 5.69 Å². The zero-order valence-corrected chi connectivity index (χ0v) is 15.7. The summed E-state index contributed by atoms with van der Waals surface area (Å²) in [5, 5.41) is 7.35. The second kappa shape index (κ2) is 7.12. The maximum absolute atomic E-state index is 12.7. The van der Waals surface area contributed by atoms with E-state index in [-0.39, 0.29) is 11.9 Å². The van der Waals surface area contributed by atoms with Gasteiger partial charge in [-0.25, -0.2) is 0 Å².